The zero-order valence-electron chi connectivity index (χ0n) is 12.0. The van der Waals surface area contributed by atoms with Gasteiger partial charge in [0.1, 0.15) is 0 Å². The van der Waals surface area contributed by atoms with Crippen molar-refractivity contribution in [3.8, 4) is 5.75 Å². The van der Waals surface area contributed by atoms with Crippen molar-refractivity contribution in [2.24, 2.45) is 0 Å². The molecule has 1 unspecified atom stereocenters. The Kier molecular flexibility index (Phi) is 6.11. The molecule has 1 aromatic carbocycles. The van der Waals surface area contributed by atoms with Crippen LogP contribution in [0.3, 0.4) is 0 Å². The average Bonchev–Trinajstić information content (AvgIpc) is 2.45. The number of halogens is 1. The quantitative estimate of drug-likeness (QED) is 0.604. The first kappa shape index (κ1) is 17.7. The molecule has 1 rings (SSSR count). The number of ether oxygens (including phenoxy) is 1. The molecule has 22 heavy (non-hydrogen) atoms. The molecular formula is C13H15ClN2O6. The van der Waals surface area contributed by atoms with Crippen molar-refractivity contribution in [3.05, 3.63) is 33.3 Å². The maximum absolute atomic E-state index is 12.0. The molecule has 0 saturated carbocycles. The van der Waals surface area contributed by atoms with E-state index in [-0.39, 0.29) is 29.4 Å². The molecule has 1 atom stereocenters. The fraction of sp³-hybridized carbons (Fsp3) is 0.385. The number of amides is 1. The van der Waals surface area contributed by atoms with Crippen LogP contribution in [-0.2, 0) is 9.59 Å². The monoisotopic (exact) mass is 330 g/mol. The molecule has 8 nitrogen and oxygen atoms in total. The lowest BCUT2D eigenvalue weighted by atomic mass is 10.2. The number of nitro groups is 1. The maximum Gasteiger partial charge on any atom is 0.312 e. The van der Waals surface area contributed by atoms with Crippen LogP contribution in [0.2, 0.25) is 5.02 Å². The summed E-state index contributed by atoms with van der Waals surface area (Å²) >= 11 is 5.69. The fourth-order valence-electron chi connectivity index (χ4n) is 1.66. The predicted molar refractivity (Wildman–Crippen MR) is 78.1 cm³/mol. The van der Waals surface area contributed by atoms with Crippen LogP contribution in [0.15, 0.2) is 18.2 Å². The van der Waals surface area contributed by atoms with Crippen molar-refractivity contribution in [2.75, 3.05) is 13.6 Å². The van der Waals surface area contributed by atoms with Crippen molar-refractivity contribution in [2.45, 2.75) is 19.4 Å². The van der Waals surface area contributed by atoms with Crippen molar-refractivity contribution >= 4 is 29.2 Å². The minimum Gasteiger partial charge on any atom is -0.481 e. The van der Waals surface area contributed by atoms with Gasteiger partial charge in [0, 0.05) is 24.7 Å². The summed E-state index contributed by atoms with van der Waals surface area (Å²) in [6.45, 7) is 1.45. The summed E-state index contributed by atoms with van der Waals surface area (Å²) in [6, 6.07) is 3.85. The van der Waals surface area contributed by atoms with Gasteiger partial charge in [-0.3, -0.25) is 19.7 Å². The Labute approximate surface area is 131 Å². The van der Waals surface area contributed by atoms with E-state index >= 15 is 0 Å². The molecule has 0 saturated heterocycles. The number of hydrogen-bond donors (Lipinski definition) is 1. The van der Waals surface area contributed by atoms with Crippen molar-refractivity contribution < 1.29 is 24.4 Å². The molecule has 0 bridgehead atoms. The number of aliphatic carboxylic acids is 1. The normalized spacial score (nSPS) is 11.6. The van der Waals surface area contributed by atoms with E-state index in [0.29, 0.717) is 0 Å². The van der Waals surface area contributed by atoms with Gasteiger partial charge in [0.15, 0.2) is 11.9 Å². The highest BCUT2D eigenvalue weighted by atomic mass is 35.5. The highest BCUT2D eigenvalue weighted by Crippen LogP contribution is 2.30. The number of nitrogens with zero attached hydrogens (tertiary/aromatic N) is 2. The Morgan fingerprint density at radius 1 is 1.50 bits per heavy atom. The first-order valence-corrected chi connectivity index (χ1v) is 6.67. The molecule has 0 aliphatic heterocycles. The van der Waals surface area contributed by atoms with E-state index in [4.69, 9.17) is 21.4 Å². The number of carbonyl (C=O) groups excluding carboxylic acids is 1. The first-order chi connectivity index (χ1) is 10.2. The molecule has 0 spiro atoms. The highest BCUT2D eigenvalue weighted by Gasteiger charge is 2.24. The average molecular weight is 331 g/mol. The second-order valence-electron chi connectivity index (χ2n) is 4.53. The molecule has 120 valence electrons. The summed E-state index contributed by atoms with van der Waals surface area (Å²) < 4.78 is 5.31. The van der Waals surface area contributed by atoms with Gasteiger partial charge in [0.25, 0.3) is 5.91 Å². The fourth-order valence-corrected chi connectivity index (χ4v) is 1.82. The van der Waals surface area contributed by atoms with Crippen LogP contribution in [0.1, 0.15) is 13.3 Å². The number of carbonyl (C=O) groups is 2. The van der Waals surface area contributed by atoms with E-state index in [1.165, 1.54) is 31.0 Å². The van der Waals surface area contributed by atoms with E-state index in [9.17, 15) is 19.7 Å². The largest absolute Gasteiger partial charge is 0.481 e. The topological polar surface area (TPSA) is 110 Å². The van der Waals surface area contributed by atoms with E-state index in [2.05, 4.69) is 0 Å². The van der Waals surface area contributed by atoms with Gasteiger partial charge in [-0.1, -0.05) is 11.6 Å². The smallest absolute Gasteiger partial charge is 0.312 e. The Hall–Kier alpha value is -2.35. The summed E-state index contributed by atoms with van der Waals surface area (Å²) in [6.07, 6.45) is -1.20. The minimum absolute atomic E-state index is 0.0184. The van der Waals surface area contributed by atoms with Crippen LogP contribution >= 0.6 is 11.6 Å². The third-order valence-electron chi connectivity index (χ3n) is 2.81. The van der Waals surface area contributed by atoms with E-state index < -0.39 is 22.9 Å². The number of carboxylic acid groups (broad SMARTS) is 1. The van der Waals surface area contributed by atoms with Crippen LogP contribution in [0.5, 0.6) is 5.75 Å². The molecule has 0 radical (unpaired) electrons. The van der Waals surface area contributed by atoms with Crippen LogP contribution in [0.25, 0.3) is 0 Å². The number of likely N-dealkylation sites (N-methyl/N-ethyl adjacent to an activating group) is 1. The maximum atomic E-state index is 12.0. The van der Waals surface area contributed by atoms with Gasteiger partial charge in [0.05, 0.1) is 11.3 Å². The van der Waals surface area contributed by atoms with Gasteiger partial charge in [-0.05, 0) is 19.1 Å². The van der Waals surface area contributed by atoms with Crippen LogP contribution in [0, 0.1) is 10.1 Å². The van der Waals surface area contributed by atoms with Crippen molar-refractivity contribution in [3.63, 3.8) is 0 Å². The summed E-state index contributed by atoms with van der Waals surface area (Å²) in [5, 5.41) is 19.7. The summed E-state index contributed by atoms with van der Waals surface area (Å²) in [7, 11) is 1.43. The molecule has 0 fully saturated rings. The van der Waals surface area contributed by atoms with Gasteiger partial charge < -0.3 is 14.7 Å². The van der Waals surface area contributed by atoms with Crippen molar-refractivity contribution in [1.82, 2.24) is 4.90 Å². The summed E-state index contributed by atoms with van der Waals surface area (Å²) in [5.41, 5.74) is -0.347. The molecule has 0 heterocycles. The molecular weight excluding hydrogens is 316 g/mol. The number of rotatable bonds is 7. The number of hydrogen-bond acceptors (Lipinski definition) is 5. The number of carboxylic acids is 1. The Morgan fingerprint density at radius 3 is 2.68 bits per heavy atom. The highest BCUT2D eigenvalue weighted by molar-refractivity contribution is 6.30. The Morgan fingerprint density at radius 2 is 2.14 bits per heavy atom. The molecule has 0 aliphatic carbocycles. The van der Waals surface area contributed by atoms with Gasteiger partial charge in [0.2, 0.25) is 0 Å². The van der Waals surface area contributed by atoms with E-state index in [0.717, 1.165) is 6.07 Å². The first-order valence-electron chi connectivity index (χ1n) is 6.29. The van der Waals surface area contributed by atoms with Crippen LogP contribution in [-0.4, -0.2) is 46.5 Å². The van der Waals surface area contributed by atoms with Crippen LogP contribution in [0.4, 0.5) is 5.69 Å². The van der Waals surface area contributed by atoms with E-state index in [1.807, 2.05) is 0 Å². The second kappa shape index (κ2) is 7.60. The number of benzene rings is 1. The number of nitro benzene ring substituents is 1. The minimum atomic E-state index is -1.03. The lowest BCUT2D eigenvalue weighted by Gasteiger charge is -2.21. The zero-order valence-corrected chi connectivity index (χ0v) is 12.7. The molecule has 1 amide bonds. The summed E-state index contributed by atoms with van der Waals surface area (Å²) in [4.78, 5) is 34.0. The molecule has 1 N–H and O–H groups in total. The Balaban J connectivity index is 2.80. The van der Waals surface area contributed by atoms with Gasteiger partial charge >= 0.3 is 11.7 Å². The zero-order chi connectivity index (χ0) is 16.9. The van der Waals surface area contributed by atoms with Crippen LogP contribution < -0.4 is 4.74 Å². The lowest BCUT2D eigenvalue weighted by Crippen LogP contribution is -2.39. The van der Waals surface area contributed by atoms with Crippen molar-refractivity contribution in [1.29, 1.82) is 0 Å². The van der Waals surface area contributed by atoms with Gasteiger partial charge in [-0.25, -0.2) is 0 Å². The SMILES string of the molecule is CC(Oc1ccc(Cl)cc1[N+](=O)[O-])C(=O)N(C)CCC(=O)O. The molecule has 9 heteroatoms. The third-order valence-corrected chi connectivity index (χ3v) is 3.04. The second-order valence-corrected chi connectivity index (χ2v) is 4.97. The predicted octanol–water partition coefficient (Wildman–Crippen LogP) is 1.95. The lowest BCUT2D eigenvalue weighted by molar-refractivity contribution is -0.386. The third kappa shape index (κ3) is 4.88. The molecule has 0 aromatic heterocycles. The van der Waals surface area contributed by atoms with E-state index in [1.54, 1.807) is 0 Å². The standard InChI is InChI=1S/C13H15ClN2O6/c1-8(13(19)15(2)6-5-12(17)18)22-11-4-3-9(14)7-10(11)16(20)21/h3-4,7-8H,5-6H2,1-2H3,(H,17,18). The molecule has 0 aliphatic rings. The molecule has 1 aromatic rings. The van der Waals surface area contributed by atoms with Gasteiger partial charge in [-0.15, -0.1) is 0 Å². The Bertz CT molecular complexity index is 592. The van der Waals surface area contributed by atoms with Gasteiger partial charge in [-0.2, -0.15) is 0 Å². The summed E-state index contributed by atoms with van der Waals surface area (Å²) in [5.74, 6) is -1.59.